The van der Waals surface area contributed by atoms with Gasteiger partial charge in [0.15, 0.2) is 0 Å². The number of aliphatic hydroxyl groups excluding tert-OH is 1. The van der Waals surface area contributed by atoms with Crippen molar-refractivity contribution in [2.75, 3.05) is 13.2 Å². The number of halogens is 2. The molecule has 17 heavy (non-hydrogen) atoms. The molecule has 0 fully saturated rings. The predicted molar refractivity (Wildman–Crippen MR) is 68.6 cm³/mol. The molecule has 0 saturated heterocycles. The molecule has 0 unspecified atom stereocenters. The van der Waals surface area contributed by atoms with E-state index in [0.717, 1.165) is 18.5 Å². The second-order valence-corrected chi connectivity index (χ2v) is 5.40. The van der Waals surface area contributed by atoms with Gasteiger partial charge in [-0.05, 0) is 29.5 Å². The van der Waals surface area contributed by atoms with Crippen LogP contribution < -0.4 is 5.32 Å². The highest BCUT2D eigenvalue weighted by atomic mass is 35.5. The minimum Gasteiger partial charge on any atom is -0.396 e. The molecule has 0 spiro atoms. The van der Waals surface area contributed by atoms with Crippen LogP contribution in [-0.2, 0) is 6.54 Å². The lowest BCUT2D eigenvalue weighted by Gasteiger charge is -2.24. The van der Waals surface area contributed by atoms with Crippen LogP contribution in [-0.4, -0.2) is 18.3 Å². The topological polar surface area (TPSA) is 32.3 Å². The maximum atomic E-state index is 13.2. The number of nitrogens with one attached hydrogen (secondary N) is 1. The molecular formula is C13H19ClFNO. The van der Waals surface area contributed by atoms with Crippen LogP contribution in [0.3, 0.4) is 0 Å². The van der Waals surface area contributed by atoms with Crippen LogP contribution in [0.25, 0.3) is 0 Å². The van der Waals surface area contributed by atoms with Crippen LogP contribution in [0.4, 0.5) is 4.39 Å². The summed E-state index contributed by atoms with van der Waals surface area (Å²) >= 11 is 5.61. The molecular weight excluding hydrogens is 241 g/mol. The van der Waals surface area contributed by atoms with Crippen molar-refractivity contribution < 1.29 is 9.50 Å². The summed E-state index contributed by atoms with van der Waals surface area (Å²) in [6.45, 7) is 5.72. The molecule has 1 aromatic carbocycles. The normalized spacial score (nSPS) is 11.8. The highest BCUT2D eigenvalue weighted by Gasteiger charge is 2.16. The molecule has 0 bridgehead atoms. The monoisotopic (exact) mass is 259 g/mol. The van der Waals surface area contributed by atoms with Crippen molar-refractivity contribution >= 4 is 11.6 Å². The third kappa shape index (κ3) is 5.02. The van der Waals surface area contributed by atoms with Crippen LogP contribution in [0.15, 0.2) is 18.2 Å². The fraction of sp³-hybridized carbons (Fsp3) is 0.538. The molecule has 96 valence electrons. The van der Waals surface area contributed by atoms with Crippen molar-refractivity contribution in [3.8, 4) is 0 Å². The van der Waals surface area contributed by atoms with E-state index < -0.39 is 0 Å². The van der Waals surface area contributed by atoms with Gasteiger partial charge < -0.3 is 10.4 Å². The fourth-order valence-corrected chi connectivity index (χ4v) is 1.70. The number of hydrogen-bond donors (Lipinski definition) is 2. The first-order chi connectivity index (χ1) is 7.94. The Morgan fingerprint density at radius 2 is 2.12 bits per heavy atom. The van der Waals surface area contributed by atoms with Crippen molar-refractivity contribution in [2.24, 2.45) is 5.41 Å². The summed E-state index contributed by atoms with van der Waals surface area (Å²) in [6.07, 6.45) is 0.745. The first-order valence-electron chi connectivity index (χ1n) is 5.70. The highest BCUT2D eigenvalue weighted by Crippen LogP contribution is 2.19. The van der Waals surface area contributed by atoms with Gasteiger partial charge in [0.1, 0.15) is 5.82 Å². The molecule has 2 nitrogen and oxygen atoms in total. The lowest BCUT2D eigenvalue weighted by Crippen LogP contribution is -2.29. The molecule has 0 amide bonds. The van der Waals surface area contributed by atoms with Crippen molar-refractivity contribution in [1.29, 1.82) is 0 Å². The van der Waals surface area contributed by atoms with Gasteiger partial charge in [0.25, 0.3) is 0 Å². The number of rotatable bonds is 6. The van der Waals surface area contributed by atoms with Crippen molar-refractivity contribution in [1.82, 2.24) is 5.32 Å². The van der Waals surface area contributed by atoms with E-state index in [9.17, 15) is 4.39 Å². The lowest BCUT2D eigenvalue weighted by atomic mass is 9.90. The average Bonchev–Trinajstić information content (AvgIpc) is 2.23. The Morgan fingerprint density at radius 1 is 1.41 bits per heavy atom. The Morgan fingerprint density at radius 3 is 2.71 bits per heavy atom. The van der Waals surface area contributed by atoms with Gasteiger partial charge in [-0.3, -0.25) is 0 Å². The van der Waals surface area contributed by atoms with Crippen LogP contribution in [0.5, 0.6) is 0 Å². The van der Waals surface area contributed by atoms with Gasteiger partial charge in [0.05, 0.1) is 5.02 Å². The summed E-state index contributed by atoms with van der Waals surface area (Å²) in [5, 5.41) is 12.3. The molecule has 0 aliphatic heterocycles. The maximum Gasteiger partial charge on any atom is 0.142 e. The quantitative estimate of drug-likeness (QED) is 0.823. The zero-order valence-corrected chi connectivity index (χ0v) is 11.0. The van der Waals surface area contributed by atoms with Gasteiger partial charge in [-0.1, -0.05) is 31.5 Å². The van der Waals surface area contributed by atoms with E-state index in [2.05, 4.69) is 19.2 Å². The third-order valence-corrected chi connectivity index (χ3v) is 3.01. The van der Waals surface area contributed by atoms with Gasteiger partial charge in [0, 0.05) is 19.7 Å². The molecule has 2 N–H and O–H groups in total. The second-order valence-electron chi connectivity index (χ2n) is 4.99. The Balaban J connectivity index is 2.43. The van der Waals surface area contributed by atoms with Gasteiger partial charge in [-0.15, -0.1) is 0 Å². The minimum absolute atomic E-state index is 0.0414. The molecule has 0 atom stereocenters. The van der Waals surface area contributed by atoms with E-state index in [4.69, 9.17) is 16.7 Å². The summed E-state index contributed by atoms with van der Waals surface area (Å²) in [6, 6.07) is 4.80. The zero-order valence-electron chi connectivity index (χ0n) is 10.3. The first kappa shape index (κ1) is 14.4. The number of aliphatic hydroxyl groups is 1. The van der Waals surface area contributed by atoms with Crippen LogP contribution in [0, 0.1) is 11.2 Å². The number of hydrogen-bond acceptors (Lipinski definition) is 2. The Labute approximate surface area is 107 Å². The standard InChI is InChI=1S/C13H19ClFNO/c1-13(2,5-6-17)9-16-8-10-3-4-11(14)12(15)7-10/h3-4,7,16-17H,5-6,8-9H2,1-2H3. The molecule has 0 radical (unpaired) electrons. The summed E-state index contributed by atoms with van der Waals surface area (Å²) in [5.74, 6) is -0.388. The third-order valence-electron chi connectivity index (χ3n) is 2.71. The van der Waals surface area contributed by atoms with E-state index >= 15 is 0 Å². The van der Waals surface area contributed by atoms with Crippen molar-refractivity contribution in [3.63, 3.8) is 0 Å². The van der Waals surface area contributed by atoms with Gasteiger partial charge in [-0.2, -0.15) is 0 Å². The molecule has 1 rings (SSSR count). The van der Waals surface area contributed by atoms with E-state index in [1.54, 1.807) is 12.1 Å². The summed E-state index contributed by atoms with van der Waals surface area (Å²) < 4.78 is 13.2. The molecule has 0 aliphatic carbocycles. The Hall–Kier alpha value is -0.640. The lowest BCUT2D eigenvalue weighted by molar-refractivity contribution is 0.207. The van der Waals surface area contributed by atoms with Crippen molar-refractivity contribution in [3.05, 3.63) is 34.6 Å². The van der Waals surface area contributed by atoms with Gasteiger partial charge in [0.2, 0.25) is 0 Å². The second kappa shape index (κ2) is 6.34. The SMILES string of the molecule is CC(C)(CCO)CNCc1ccc(Cl)c(F)c1. The van der Waals surface area contributed by atoms with Crippen molar-refractivity contribution in [2.45, 2.75) is 26.8 Å². The summed E-state index contributed by atoms with van der Waals surface area (Å²) in [7, 11) is 0. The minimum atomic E-state index is -0.388. The predicted octanol–water partition coefficient (Wildman–Crippen LogP) is 2.98. The first-order valence-corrected chi connectivity index (χ1v) is 6.08. The van der Waals surface area contributed by atoms with Gasteiger partial charge >= 0.3 is 0 Å². The van der Waals surface area contributed by atoms with E-state index in [0.29, 0.717) is 6.54 Å². The molecule has 0 aliphatic rings. The van der Waals surface area contributed by atoms with Crippen LogP contribution in [0.1, 0.15) is 25.8 Å². The molecule has 0 heterocycles. The summed E-state index contributed by atoms with van der Waals surface area (Å²) in [4.78, 5) is 0. The fourth-order valence-electron chi connectivity index (χ4n) is 1.59. The Kier molecular flexibility index (Phi) is 5.37. The van der Waals surface area contributed by atoms with Crippen LogP contribution >= 0.6 is 11.6 Å². The van der Waals surface area contributed by atoms with Gasteiger partial charge in [-0.25, -0.2) is 4.39 Å². The van der Waals surface area contributed by atoms with E-state index in [1.165, 1.54) is 6.07 Å². The molecule has 1 aromatic rings. The van der Waals surface area contributed by atoms with E-state index in [1.807, 2.05) is 0 Å². The highest BCUT2D eigenvalue weighted by molar-refractivity contribution is 6.30. The number of benzene rings is 1. The average molecular weight is 260 g/mol. The van der Waals surface area contributed by atoms with E-state index in [-0.39, 0.29) is 22.9 Å². The molecule has 0 aromatic heterocycles. The maximum absolute atomic E-state index is 13.2. The smallest absolute Gasteiger partial charge is 0.142 e. The summed E-state index contributed by atoms with van der Waals surface area (Å²) in [5.41, 5.74) is 0.909. The molecule has 0 saturated carbocycles. The van der Waals surface area contributed by atoms with Crippen LogP contribution in [0.2, 0.25) is 5.02 Å². The largest absolute Gasteiger partial charge is 0.396 e. The Bertz CT molecular complexity index is 368. The molecule has 4 heteroatoms. The zero-order chi connectivity index (χ0) is 12.9.